The summed E-state index contributed by atoms with van der Waals surface area (Å²) in [4.78, 5) is 36.7. The molecule has 0 aliphatic rings. The van der Waals surface area contributed by atoms with Gasteiger partial charge in [-0.1, -0.05) is 26.0 Å². The summed E-state index contributed by atoms with van der Waals surface area (Å²) >= 11 is 0. The molecule has 3 N–H and O–H groups in total. The van der Waals surface area contributed by atoms with E-state index in [4.69, 9.17) is 4.74 Å². The Morgan fingerprint density at radius 3 is 2.75 bits per heavy atom. The van der Waals surface area contributed by atoms with Crippen LogP contribution in [0.5, 0.6) is 5.75 Å². The van der Waals surface area contributed by atoms with E-state index in [-0.39, 0.29) is 23.7 Å². The second-order valence-electron chi connectivity index (χ2n) is 5.58. The highest BCUT2D eigenvalue weighted by Crippen LogP contribution is 2.18. The van der Waals surface area contributed by atoms with Gasteiger partial charge in [-0.25, -0.2) is 4.98 Å². The third-order valence-corrected chi connectivity index (χ3v) is 3.47. The lowest BCUT2D eigenvalue weighted by Gasteiger charge is -2.09. The Morgan fingerprint density at radius 1 is 1.29 bits per heavy atom. The van der Waals surface area contributed by atoms with Crippen molar-refractivity contribution in [1.82, 2.24) is 19.9 Å². The van der Waals surface area contributed by atoms with Crippen molar-refractivity contribution < 1.29 is 9.53 Å². The topological polar surface area (TPSA) is 113 Å². The summed E-state index contributed by atoms with van der Waals surface area (Å²) in [7, 11) is 0. The molecule has 1 aromatic carbocycles. The van der Waals surface area contributed by atoms with E-state index in [9.17, 15) is 9.59 Å². The van der Waals surface area contributed by atoms with E-state index in [1.165, 1.54) is 11.9 Å². The Bertz CT molecular complexity index is 911. The van der Waals surface area contributed by atoms with Crippen molar-refractivity contribution in [1.29, 1.82) is 0 Å². The SMILES string of the molecule is CC(C)c1ccc(OCC(=O)Nc2nc3nc[nH]c3c(=O)[nH]2)cc1. The van der Waals surface area contributed by atoms with Gasteiger partial charge in [-0.3, -0.25) is 19.9 Å². The van der Waals surface area contributed by atoms with Crippen molar-refractivity contribution in [3.63, 3.8) is 0 Å². The first-order valence-corrected chi connectivity index (χ1v) is 7.49. The number of carbonyl (C=O) groups is 1. The fraction of sp³-hybridized carbons (Fsp3) is 0.250. The van der Waals surface area contributed by atoms with Crippen LogP contribution in [-0.4, -0.2) is 32.4 Å². The van der Waals surface area contributed by atoms with Gasteiger partial charge in [-0.05, 0) is 23.6 Å². The molecule has 8 heteroatoms. The van der Waals surface area contributed by atoms with Gasteiger partial charge in [0, 0.05) is 0 Å². The first kappa shape index (κ1) is 15.7. The maximum Gasteiger partial charge on any atom is 0.278 e. The van der Waals surface area contributed by atoms with Crippen LogP contribution in [0.15, 0.2) is 35.4 Å². The zero-order valence-electron chi connectivity index (χ0n) is 13.3. The number of imidazole rings is 1. The number of nitrogens with zero attached hydrogens (tertiary/aromatic N) is 2. The van der Waals surface area contributed by atoms with Crippen molar-refractivity contribution in [2.75, 3.05) is 11.9 Å². The molecule has 1 amide bonds. The Balaban J connectivity index is 1.61. The Labute approximate surface area is 137 Å². The predicted molar refractivity (Wildman–Crippen MR) is 89.2 cm³/mol. The van der Waals surface area contributed by atoms with Crippen LogP contribution in [0.3, 0.4) is 0 Å². The van der Waals surface area contributed by atoms with E-state index in [0.29, 0.717) is 11.7 Å². The van der Waals surface area contributed by atoms with Crippen LogP contribution in [0.2, 0.25) is 0 Å². The number of carbonyl (C=O) groups excluding carboxylic acids is 1. The number of rotatable bonds is 5. The van der Waals surface area contributed by atoms with Crippen LogP contribution in [0, 0.1) is 0 Å². The molecule has 0 atom stereocenters. The van der Waals surface area contributed by atoms with E-state index in [1.807, 2.05) is 24.3 Å². The lowest BCUT2D eigenvalue weighted by atomic mass is 10.0. The summed E-state index contributed by atoms with van der Waals surface area (Å²) in [6.45, 7) is 4.02. The van der Waals surface area contributed by atoms with Crippen LogP contribution in [0.4, 0.5) is 5.95 Å². The van der Waals surface area contributed by atoms with Gasteiger partial charge in [-0.2, -0.15) is 4.98 Å². The van der Waals surface area contributed by atoms with Crippen molar-refractivity contribution >= 4 is 23.0 Å². The number of nitrogens with one attached hydrogen (secondary N) is 3. The highest BCUT2D eigenvalue weighted by atomic mass is 16.5. The quantitative estimate of drug-likeness (QED) is 0.661. The molecule has 0 aliphatic carbocycles. The number of aromatic nitrogens is 4. The van der Waals surface area contributed by atoms with Crippen molar-refractivity contribution in [3.8, 4) is 5.75 Å². The van der Waals surface area contributed by atoms with Crippen molar-refractivity contribution in [3.05, 3.63) is 46.5 Å². The minimum absolute atomic E-state index is 0.0309. The third-order valence-electron chi connectivity index (χ3n) is 3.47. The number of hydrogen-bond donors (Lipinski definition) is 3. The number of fused-ring (bicyclic) bond motifs is 1. The Morgan fingerprint density at radius 2 is 2.04 bits per heavy atom. The van der Waals surface area contributed by atoms with Gasteiger partial charge in [-0.15, -0.1) is 0 Å². The highest BCUT2D eigenvalue weighted by molar-refractivity contribution is 5.90. The average molecular weight is 327 g/mol. The monoisotopic (exact) mass is 327 g/mol. The largest absolute Gasteiger partial charge is 0.484 e. The van der Waals surface area contributed by atoms with Gasteiger partial charge in [0.2, 0.25) is 5.95 Å². The van der Waals surface area contributed by atoms with Crippen molar-refractivity contribution in [2.24, 2.45) is 0 Å². The smallest absolute Gasteiger partial charge is 0.278 e. The van der Waals surface area contributed by atoms with Crippen LogP contribution < -0.4 is 15.6 Å². The normalized spacial score (nSPS) is 11.0. The molecule has 0 spiro atoms. The molecule has 0 aliphatic heterocycles. The molecule has 0 unspecified atom stereocenters. The molecule has 3 rings (SSSR count). The Hall–Kier alpha value is -3.16. The first-order valence-electron chi connectivity index (χ1n) is 7.49. The summed E-state index contributed by atoms with van der Waals surface area (Å²) in [5.41, 5.74) is 1.28. The van der Waals surface area contributed by atoms with E-state index in [1.54, 1.807) is 0 Å². The maximum absolute atomic E-state index is 11.9. The number of hydrogen-bond acceptors (Lipinski definition) is 5. The zero-order valence-corrected chi connectivity index (χ0v) is 13.3. The van der Waals surface area contributed by atoms with Crippen LogP contribution >= 0.6 is 0 Å². The second-order valence-corrected chi connectivity index (χ2v) is 5.58. The fourth-order valence-electron chi connectivity index (χ4n) is 2.17. The van der Waals surface area contributed by atoms with Crippen LogP contribution in [0.25, 0.3) is 11.2 Å². The molecular formula is C16H17N5O3. The van der Waals surface area contributed by atoms with Crippen LogP contribution in [0.1, 0.15) is 25.3 Å². The second kappa shape index (κ2) is 6.53. The molecule has 3 aromatic rings. The van der Waals surface area contributed by atoms with E-state index in [0.717, 1.165) is 0 Å². The number of anilines is 1. The minimum Gasteiger partial charge on any atom is -0.484 e. The van der Waals surface area contributed by atoms with E-state index >= 15 is 0 Å². The molecule has 0 radical (unpaired) electrons. The summed E-state index contributed by atoms with van der Waals surface area (Å²) in [5.74, 6) is 0.630. The summed E-state index contributed by atoms with van der Waals surface area (Å²) < 4.78 is 5.42. The predicted octanol–water partition coefficient (Wildman–Crippen LogP) is 1.79. The molecule has 124 valence electrons. The molecule has 0 saturated heterocycles. The Kier molecular flexibility index (Phi) is 4.28. The van der Waals surface area contributed by atoms with Gasteiger partial charge in [0.1, 0.15) is 5.75 Å². The fourth-order valence-corrected chi connectivity index (χ4v) is 2.17. The summed E-state index contributed by atoms with van der Waals surface area (Å²) in [6, 6.07) is 7.56. The lowest BCUT2D eigenvalue weighted by Crippen LogP contribution is -2.23. The maximum atomic E-state index is 11.9. The molecule has 0 fully saturated rings. The molecule has 0 bridgehead atoms. The third kappa shape index (κ3) is 3.43. The molecular weight excluding hydrogens is 310 g/mol. The molecule has 24 heavy (non-hydrogen) atoms. The number of aromatic amines is 2. The number of H-pyrrole nitrogens is 2. The minimum atomic E-state index is -0.430. The van der Waals surface area contributed by atoms with Gasteiger partial charge in [0.15, 0.2) is 17.8 Å². The molecule has 2 aromatic heterocycles. The molecule has 0 saturated carbocycles. The average Bonchev–Trinajstić information content (AvgIpc) is 3.02. The summed E-state index contributed by atoms with van der Waals surface area (Å²) in [6.07, 6.45) is 1.36. The highest BCUT2D eigenvalue weighted by Gasteiger charge is 2.09. The first-order chi connectivity index (χ1) is 11.5. The lowest BCUT2D eigenvalue weighted by molar-refractivity contribution is -0.118. The van der Waals surface area contributed by atoms with Gasteiger partial charge < -0.3 is 9.72 Å². The standard InChI is InChI=1S/C16H17N5O3/c1-9(2)10-3-5-11(6-4-10)24-7-12(22)19-16-20-14-13(15(23)21-16)17-8-18-14/h3-6,8-9H,7H2,1-2H3,(H3,17,18,19,20,21,22,23). The molecule has 8 nitrogen and oxygen atoms in total. The summed E-state index contributed by atoms with van der Waals surface area (Å²) in [5, 5.41) is 2.48. The van der Waals surface area contributed by atoms with Gasteiger partial charge in [0.25, 0.3) is 11.5 Å². The number of amides is 1. The van der Waals surface area contributed by atoms with E-state index in [2.05, 4.69) is 39.1 Å². The van der Waals surface area contributed by atoms with Crippen LogP contribution in [-0.2, 0) is 4.79 Å². The zero-order chi connectivity index (χ0) is 17.1. The van der Waals surface area contributed by atoms with Crippen molar-refractivity contribution in [2.45, 2.75) is 19.8 Å². The van der Waals surface area contributed by atoms with Gasteiger partial charge in [0.05, 0.1) is 6.33 Å². The number of ether oxygens (including phenoxy) is 1. The molecule has 2 heterocycles. The van der Waals surface area contributed by atoms with Gasteiger partial charge >= 0.3 is 0 Å². The number of benzene rings is 1. The van der Waals surface area contributed by atoms with E-state index < -0.39 is 11.5 Å².